The van der Waals surface area contributed by atoms with Crippen molar-refractivity contribution in [2.45, 2.75) is 19.4 Å². The van der Waals surface area contributed by atoms with Crippen molar-refractivity contribution >= 4 is 17.5 Å². The van der Waals surface area contributed by atoms with Crippen LogP contribution in [0.2, 0.25) is 5.02 Å². The normalized spacial score (nSPS) is 16.1. The Balaban J connectivity index is 2.13. The molecule has 0 aromatic heterocycles. The van der Waals surface area contributed by atoms with Gasteiger partial charge < -0.3 is 10.0 Å². The average Bonchev–Trinajstić information content (AvgIpc) is 2.50. The fourth-order valence-electron chi connectivity index (χ4n) is 1.82. The van der Waals surface area contributed by atoms with E-state index in [2.05, 4.69) is 0 Å². The van der Waals surface area contributed by atoms with E-state index < -0.39 is 0 Å². The zero-order valence-electron chi connectivity index (χ0n) is 8.24. The average molecular weight is 226 g/mol. The van der Waals surface area contributed by atoms with Crippen molar-refractivity contribution < 1.29 is 9.90 Å². The minimum absolute atomic E-state index is 0.143. The lowest BCUT2D eigenvalue weighted by Gasteiger charge is -2.15. The maximum Gasteiger partial charge on any atom is 0.222 e. The van der Waals surface area contributed by atoms with Gasteiger partial charge in [0.2, 0.25) is 5.91 Å². The van der Waals surface area contributed by atoms with Gasteiger partial charge in [-0.3, -0.25) is 4.79 Å². The summed E-state index contributed by atoms with van der Waals surface area (Å²) in [6.07, 6.45) is 1.55. The molecule has 0 spiro atoms. The molecular weight excluding hydrogens is 214 g/mol. The molecular formula is C11H12ClNO2. The number of benzene rings is 1. The van der Waals surface area contributed by atoms with Crippen molar-refractivity contribution in [3.05, 3.63) is 28.8 Å². The van der Waals surface area contributed by atoms with Gasteiger partial charge in [-0.2, -0.15) is 0 Å². The Bertz CT molecular complexity index is 372. The number of rotatable bonds is 2. The van der Waals surface area contributed by atoms with E-state index >= 15 is 0 Å². The van der Waals surface area contributed by atoms with Gasteiger partial charge in [0, 0.05) is 24.5 Å². The zero-order chi connectivity index (χ0) is 10.8. The third-order valence-corrected chi connectivity index (χ3v) is 2.71. The zero-order valence-corrected chi connectivity index (χ0v) is 9.00. The Kier molecular flexibility index (Phi) is 2.82. The minimum atomic E-state index is 0.143. The maximum absolute atomic E-state index is 11.4. The lowest BCUT2D eigenvalue weighted by Crippen LogP contribution is -2.23. The van der Waals surface area contributed by atoms with Crippen molar-refractivity contribution in [1.82, 2.24) is 4.90 Å². The van der Waals surface area contributed by atoms with Gasteiger partial charge in [0.25, 0.3) is 0 Å². The molecule has 0 radical (unpaired) electrons. The molecule has 1 heterocycles. The highest BCUT2D eigenvalue weighted by Crippen LogP contribution is 2.22. The number of carbonyl (C=O) groups is 1. The molecule has 0 atom stereocenters. The summed E-state index contributed by atoms with van der Waals surface area (Å²) in [5.74, 6) is 0.318. The van der Waals surface area contributed by atoms with Crippen LogP contribution >= 0.6 is 11.6 Å². The predicted octanol–water partition coefficient (Wildman–Crippen LogP) is 2.17. The van der Waals surface area contributed by atoms with Gasteiger partial charge in [-0.1, -0.05) is 11.6 Å². The van der Waals surface area contributed by atoms with E-state index in [1.165, 1.54) is 6.07 Å². The highest BCUT2D eigenvalue weighted by atomic mass is 35.5. The molecule has 0 saturated carbocycles. The highest BCUT2D eigenvalue weighted by Gasteiger charge is 2.20. The summed E-state index contributed by atoms with van der Waals surface area (Å²) in [5.41, 5.74) is 0.871. The minimum Gasteiger partial charge on any atom is -0.508 e. The van der Waals surface area contributed by atoms with Crippen molar-refractivity contribution in [3.8, 4) is 5.75 Å². The van der Waals surface area contributed by atoms with Crippen molar-refractivity contribution in [2.75, 3.05) is 6.54 Å². The number of halogens is 1. The smallest absolute Gasteiger partial charge is 0.222 e. The van der Waals surface area contributed by atoms with Crippen LogP contribution in [0.5, 0.6) is 5.75 Å². The number of amides is 1. The number of phenolic OH excluding ortho intramolecular Hbond substituents is 1. The Hall–Kier alpha value is -1.22. The molecule has 1 fully saturated rings. The molecule has 0 unspecified atom stereocenters. The van der Waals surface area contributed by atoms with Crippen LogP contribution < -0.4 is 0 Å². The first-order chi connectivity index (χ1) is 7.15. The number of hydrogen-bond donors (Lipinski definition) is 1. The Morgan fingerprint density at radius 1 is 1.40 bits per heavy atom. The van der Waals surface area contributed by atoms with Crippen LogP contribution in [0.15, 0.2) is 18.2 Å². The number of likely N-dealkylation sites (tertiary alicyclic amines) is 1. The van der Waals surface area contributed by atoms with Crippen LogP contribution in [0, 0.1) is 0 Å². The molecule has 1 amide bonds. The summed E-state index contributed by atoms with van der Waals surface area (Å²) < 4.78 is 0. The molecule has 0 bridgehead atoms. The summed E-state index contributed by atoms with van der Waals surface area (Å²) >= 11 is 5.81. The van der Waals surface area contributed by atoms with Gasteiger partial charge in [0.1, 0.15) is 5.75 Å². The molecule has 0 aliphatic carbocycles. The molecule has 4 heteroatoms. The van der Waals surface area contributed by atoms with Crippen molar-refractivity contribution in [3.63, 3.8) is 0 Å². The number of hydrogen-bond acceptors (Lipinski definition) is 2. The third kappa shape index (κ3) is 2.42. The topological polar surface area (TPSA) is 40.5 Å². The van der Waals surface area contributed by atoms with Crippen LogP contribution in [0.3, 0.4) is 0 Å². The highest BCUT2D eigenvalue weighted by molar-refractivity contribution is 6.30. The molecule has 1 N–H and O–H groups in total. The lowest BCUT2D eigenvalue weighted by molar-refractivity contribution is -0.128. The second-order valence-corrected chi connectivity index (χ2v) is 4.17. The standard InChI is InChI=1S/C11H12ClNO2/c12-9-4-8(5-10(14)6-9)7-13-3-1-2-11(13)15/h4-6,14H,1-3,7H2. The van der Waals surface area contributed by atoms with Crippen LogP contribution in [0.25, 0.3) is 0 Å². The first kappa shape index (κ1) is 10.3. The fraction of sp³-hybridized carbons (Fsp3) is 0.364. The van der Waals surface area contributed by atoms with E-state index in [-0.39, 0.29) is 11.7 Å². The van der Waals surface area contributed by atoms with Crippen LogP contribution in [-0.2, 0) is 11.3 Å². The predicted molar refractivity (Wildman–Crippen MR) is 57.8 cm³/mol. The molecule has 1 saturated heterocycles. The molecule has 15 heavy (non-hydrogen) atoms. The monoisotopic (exact) mass is 225 g/mol. The second-order valence-electron chi connectivity index (χ2n) is 3.74. The Morgan fingerprint density at radius 3 is 2.80 bits per heavy atom. The van der Waals surface area contributed by atoms with Crippen molar-refractivity contribution in [2.24, 2.45) is 0 Å². The van der Waals surface area contributed by atoms with E-state index in [0.29, 0.717) is 18.0 Å². The van der Waals surface area contributed by atoms with Gasteiger partial charge in [0.05, 0.1) is 0 Å². The van der Waals surface area contributed by atoms with Gasteiger partial charge in [-0.25, -0.2) is 0 Å². The number of phenols is 1. The van der Waals surface area contributed by atoms with Crippen LogP contribution in [0.4, 0.5) is 0 Å². The SMILES string of the molecule is O=C1CCCN1Cc1cc(O)cc(Cl)c1. The van der Waals surface area contributed by atoms with Gasteiger partial charge in [-0.05, 0) is 30.2 Å². The largest absolute Gasteiger partial charge is 0.508 e. The number of carbonyl (C=O) groups excluding carboxylic acids is 1. The summed E-state index contributed by atoms with van der Waals surface area (Å²) in [7, 11) is 0. The number of nitrogens with zero attached hydrogens (tertiary/aromatic N) is 1. The summed E-state index contributed by atoms with van der Waals surface area (Å²) in [6.45, 7) is 1.33. The van der Waals surface area contributed by atoms with E-state index in [1.54, 1.807) is 17.0 Å². The Morgan fingerprint density at radius 2 is 2.20 bits per heavy atom. The number of aromatic hydroxyl groups is 1. The second kappa shape index (κ2) is 4.11. The third-order valence-electron chi connectivity index (χ3n) is 2.49. The first-order valence-electron chi connectivity index (χ1n) is 4.91. The Labute approximate surface area is 93.3 Å². The van der Waals surface area contributed by atoms with E-state index in [0.717, 1.165) is 18.5 Å². The first-order valence-corrected chi connectivity index (χ1v) is 5.29. The summed E-state index contributed by atoms with van der Waals surface area (Å²) in [4.78, 5) is 13.2. The molecule has 3 nitrogen and oxygen atoms in total. The molecule has 1 aromatic carbocycles. The van der Waals surface area contributed by atoms with Gasteiger partial charge in [0.15, 0.2) is 0 Å². The molecule has 2 rings (SSSR count). The quantitative estimate of drug-likeness (QED) is 0.838. The molecule has 1 aromatic rings. The van der Waals surface area contributed by atoms with E-state index in [9.17, 15) is 9.90 Å². The van der Waals surface area contributed by atoms with Crippen LogP contribution in [-0.4, -0.2) is 22.5 Å². The lowest BCUT2D eigenvalue weighted by atomic mass is 10.2. The van der Waals surface area contributed by atoms with Gasteiger partial charge in [-0.15, -0.1) is 0 Å². The summed E-state index contributed by atoms with van der Waals surface area (Å²) in [6, 6.07) is 4.89. The maximum atomic E-state index is 11.4. The van der Waals surface area contributed by atoms with E-state index in [4.69, 9.17) is 11.6 Å². The van der Waals surface area contributed by atoms with Gasteiger partial charge >= 0.3 is 0 Å². The van der Waals surface area contributed by atoms with Crippen LogP contribution in [0.1, 0.15) is 18.4 Å². The molecule has 1 aliphatic heterocycles. The summed E-state index contributed by atoms with van der Waals surface area (Å²) in [5, 5.41) is 9.84. The van der Waals surface area contributed by atoms with Crippen molar-refractivity contribution in [1.29, 1.82) is 0 Å². The molecule has 1 aliphatic rings. The molecule has 80 valence electrons. The fourth-order valence-corrected chi connectivity index (χ4v) is 2.07. The van der Waals surface area contributed by atoms with E-state index in [1.807, 2.05) is 0 Å².